The van der Waals surface area contributed by atoms with Gasteiger partial charge in [0.05, 0.1) is 19.0 Å². The number of rotatable bonds is 5. The Kier molecular flexibility index (Phi) is 4.05. The van der Waals surface area contributed by atoms with Gasteiger partial charge in [0.15, 0.2) is 0 Å². The monoisotopic (exact) mass is 273 g/mol. The van der Waals surface area contributed by atoms with E-state index in [-0.39, 0.29) is 11.4 Å². The molecule has 0 radical (unpaired) electrons. The quantitative estimate of drug-likeness (QED) is 0.770. The molecule has 0 amide bonds. The van der Waals surface area contributed by atoms with Crippen LogP contribution in [0.1, 0.15) is 15.9 Å². The van der Waals surface area contributed by atoms with Crippen LogP contribution < -0.4 is 15.8 Å². The number of para-hydroxylation sites is 1. The molecule has 0 saturated carbocycles. The number of aromatic nitrogens is 1. The predicted octanol–water partition coefficient (Wildman–Crippen LogP) is 1.98. The second-order valence-electron chi connectivity index (χ2n) is 4.14. The Bertz CT molecular complexity index is 629. The van der Waals surface area contributed by atoms with Gasteiger partial charge >= 0.3 is 5.97 Å². The highest BCUT2D eigenvalue weighted by atomic mass is 16.5. The third-order valence-electron chi connectivity index (χ3n) is 2.78. The lowest BCUT2D eigenvalue weighted by Crippen LogP contribution is -2.09. The summed E-state index contributed by atoms with van der Waals surface area (Å²) >= 11 is 0. The molecule has 2 aromatic rings. The number of pyridine rings is 1. The molecule has 104 valence electrons. The van der Waals surface area contributed by atoms with Gasteiger partial charge in [-0.05, 0) is 12.1 Å². The Labute approximate surface area is 116 Å². The fourth-order valence-electron chi connectivity index (χ4n) is 1.81. The van der Waals surface area contributed by atoms with Crippen LogP contribution in [0.5, 0.6) is 5.75 Å². The number of methoxy groups -OCH3 is 1. The average molecular weight is 273 g/mol. The van der Waals surface area contributed by atoms with Crippen molar-refractivity contribution in [3.8, 4) is 5.75 Å². The maximum atomic E-state index is 11.1. The number of nitrogens with one attached hydrogen (secondary N) is 1. The van der Waals surface area contributed by atoms with Crippen molar-refractivity contribution >= 4 is 17.5 Å². The molecule has 0 saturated heterocycles. The molecule has 20 heavy (non-hydrogen) atoms. The van der Waals surface area contributed by atoms with E-state index in [0.717, 1.165) is 11.3 Å². The number of benzene rings is 1. The van der Waals surface area contributed by atoms with Crippen molar-refractivity contribution in [2.45, 2.75) is 6.54 Å². The summed E-state index contributed by atoms with van der Waals surface area (Å²) in [5, 5.41) is 12.1. The van der Waals surface area contributed by atoms with Gasteiger partial charge in [-0.2, -0.15) is 0 Å². The smallest absolute Gasteiger partial charge is 0.339 e. The number of anilines is 2. The summed E-state index contributed by atoms with van der Waals surface area (Å²) in [5.41, 5.74) is 6.80. The zero-order valence-electron chi connectivity index (χ0n) is 11.0. The van der Waals surface area contributed by atoms with Crippen LogP contribution in [0.2, 0.25) is 0 Å². The van der Waals surface area contributed by atoms with Gasteiger partial charge in [-0.1, -0.05) is 18.2 Å². The van der Waals surface area contributed by atoms with E-state index >= 15 is 0 Å². The molecule has 0 aliphatic carbocycles. The number of aromatic carboxylic acids is 1. The standard InChI is InChI=1S/C14H15N3O3/c1-20-12-5-3-2-4-9(12)7-16-13-11(14(18)19)6-10(15)8-17-13/h2-6,8H,7,15H2,1H3,(H,16,17)(H,18,19). The highest BCUT2D eigenvalue weighted by Crippen LogP contribution is 2.20. The Morgan fingerprint density at radius 2 is 2.20 bits per heavy atom. The predicted molar refractivity (Wildman–Crippen MR) is 75.9 cm³/mol. The van der Waals surface area contributed by atoms with Crippen molar-refractivity contribution in [1.29, 1.82) is 0 Å². The molecule has 0 bridgehead atoms. The molecule has 0 atom stereocenters. The van der Waals surface area contributed by atoms with E-state index < -0.39 is 5.97 Å². The largest absolute Gasteiger partial charge is 0.496 e. The number of carboxylic acid groups (broad SMARTS) is 1. The maximum absolute atomic E-state index is 11.1. The van der Waals surface area contributed by atoms with Crippen molar-refractivity contribution in [3.63, 3.8) is 0 Å². The first kappa shape index (κ1) is 13.7. The highest BCUT2D eigenvalue weighted by Gasteiger charge is 2.12. The summed E-state index contributed by atoms with van der Waals surface area (Å²) in [4.78, 5) is 15.2. The molecule has 4 N–H and O–H groups in total. The van der Waals surface area contributed by atoms with E-state index in [9.17, 15) is 4.79 Å². The summed E-state index contributed by atoms with van der Waals surface area (Å²) in [6, 6.07) is 8.86. The van der Waals surface area contributed by atoms with Crippen LogP contribution in [-0.2, 0) is 6.54 Å². The van der Waals surface area contributed by atoms with Crippen LogP contribution in [0.25, 0.3) is 0 Å². The molecule has 0 aliphatic rings. The number of ether oxygens (including phenoxy) is 1. The second-order valence-corrected chi connectivity index (χ2v) is 4.14. The minimum absolute atomic E-state index is 0.0416. The molecule has 6 nitrogen and oxygen atoms in total. The minimum Gasteiger partial charge on any atom is -0.496 e. The summed E-state index contributed by atoms with van der Waals surface area (Å²) < 4.78 is 5.23. The van der Waals surface area contributed by atoms with Gasteiger partial charge in [0.25, 0.3) is 0 Å². The van der Waals surface area contributed by atoms with E-state index in [1.165, 1.54) is 12.3 Å². The number of hydrogen-bond acceptors (Lipinski definition) is 5. The third-order valence-corrected chi connectivity index (χ3v) is 2.78. The average Bonchev–Trinajstić information content (AvgIpc) is 2.46. The number of nitrogens with two attached hydrogens (primary N) is 1. The number of nitrogen functional groups attached to an aromatic ring is 1. The number of carbonyl (C=O) groups is 1. The SMILES string of the molecule is COc1ccccc1CNc1ncc(N)cc1C(=O)O. The van der Waals surface area contributed by atoms with Crippen LogP contribution in [-0.4, -0.2) is 23.2 Å². The van der Waals surface area contributed by atoms with Gasteiger partial charge in [-0.3, -0.25) is 0 Å². The number of carboxylic acids is 1. The molecular weight excluding hydrogens is 258 g/mol. The fraction of sp³-hybridized carbons (Fsp3) is 0.143. The van der Waals surface area contributed by atoms with E-state index in [1.807, 2.05) is 24.3 Å². The summed E-state index contributed by atoms with van der Waals surface area (Å²) in [6.45, 7) is 0.404. The molecule has 6 heteroatoms. The second kappa shape index (κ2) is 5.92. The van der Waals surface area contributed by atoms with Crippen LogP contribution in [0.4, 0.5) is 11.5 Å². The first-order valence-electron chi connectivity index (χ1n) is 5.96. The minimum atomic E-state index is -1.08. The zero-order valence-corrected chi connectivity index (χ0v) is 11.0. The van der Waals surface area contributed by atoms with Gasteiger partial charge < -0.3 is 20.9 Å². The fourth-order valence-corrected chi connectivity index (χ4v) is 1.81. The van der Waals surface area contributed by atoms with Gasteiger partial charge in [-0.15, -0.1) is 0 Å². The summed E-state index contributed by atoms with van der Waals surface area (Å²) in [6.07, 6.45) is 1.41. The van der Waals surface area contributed by atoms with Gasteiger partial charge in [0.1, 0.15) is 17.1 Å². The Morgan fingerprint density at radius 3 is 2.90 bits per heavy atom. The molecule has 0 unspecified atom stereocenters. The van der Waals surface area contributed by atoms with Crippen LogP contribution in [0.3, 0.4) is 0 Å². The van der Waals surface area contributed by atoms with Crippen LogP contribution >= 0.6 is 0 Å². The van der Waals surface area contributed by atoms with Crippen molar-refractivity contribution in [2.24, 2.45) is 0 Å². The van der Waals surface area contributed by atoms with Crippen molar-refractivity contribution in [1.82, 2.24) is 4.98 Å². The maximum Gasteiger partial charge on any atom is 0.339 e. The molecule has 0 spiro atoms. The Morgan fingerprint density at radius 1 is 1.45 bits per heavy atom. The molecule has 1 aromatic heterocycles. The number of hydrogen-bond donors (Lipinski definition) is 3. The normalized spacial score (nSPS) is 10.1. The summed E-state index contributed by atoms with van der Waals surface area (Å²) in [5.74, 6) is -0.0720. The third kappa shape index (κ3) is 2.97. The molecule has 0 fully saturated rings. The van der Waals surface area contributed by atoms with E-state index in [0.29, 0.717) is 12.2 Å². The van der Waals surface area contributed by atoms with Gasteiger partial charge in [0.2, 0.25) is 0 Å². The van der Waals surface area contributed by atoms with E-state index in [1.54, 1.807) is 7.11 Å². The van der Waals surface area contributed by atoms with E-state index in [2.05, 4.69) is 10.3 Å². The molecule has 0 aliphatic heterocycles. The Hall–Kier alpha value is -2.76. The van der Waals surface area contributed by atoms with Gasteiger partial charge in [0, 0.05) is 12.1 Å². The lowest BCUT2D eigenvalue weighted by atomic mass is 10.2. The van der Waals surface area contributed by atoms with Crippen molar-refractivity contribution < 1.29 is 14.6 Å². The molecule has 1 aromatic carbocycles. The first-order chi connectivity index (χ1) is 9.61. The van der Waals surface area contributed by atoms with Crippen molar-refractivity contribution in [2.75, 3.05) is 18.2 Å². The molecule has 1 heterocycles. The van der Waals surface area contributed by atoms with Crippen LogP contribution in [0.15, 0.2) is 36.5 Å². The lowest BCUT2D eigenvalue weighted by Gasteiger charge is -2.11. The first-order valence-corrected chi connectivity index (χ1v) is 5.96. The zero-order chi connectivity index (χ0) is 14.5. The highest BCUT2D eigenvalue weighted by molar-refractivity contribution is 5.94. The lowest BCUT2D eigenvalue weighted by molar-refractivity contribution is 0.0697. The Balaban J connectivity index is 2.21. The topological polar surface area (TPSA) is 97.5 Å². The van der Waals surface area contributed by atoms with Crippen LogP contribution in [0, 0.1) is 0 Å². The number of nitrogens with zero attached hydrogens (tertiary/aromatic N) is 1. The summed E-state index contributed by atoms with van der Waals surface area (Å²) in [7, 11) is 1.59. The molecular formula is C14H15N3O3. The van der Waals surface area contributed by atoms with Crippen molar-refractivity contribution in [3.05, 3.63) is 47.7 Å². The van der Waals surface area contributed by atoms with E-state index in [4.69, 9.17) is 15.6 Å². The molecule has 2 rings (SSSR count). The van der Waals surface area contributed by atoms with Gasteiger partial charge in [-0.25, -0.2) is 9.78 Å².